The molecule has 0 aromatic carbocycles. The summed E-state index contributed by atoms with van der Waals surface area (Å²) in [4.78, 5) is 1.68. The summed E-state index contributed by atoms with van der Waals surface area (Å²) in [6, 6.07) is 1.75. The van der Waals surface area contributed by atoms with Crippen LogP contribution in [-0.4, -0.2) is 126 Å². The first kappa shape index (κ1) is 79.0. The Hall–Kier alpha value is 0.883. The van der Waals surface area contributed by atoms with E-state index in [4.69, 9.17) is 5.26 Å². The first-order valence-corrected chi connectivity index (χ1v) is 20.1. The third kappa shape index (κ3) is 23.9. The first-order valence-electron chi connectivity index (χ1n) is 13.0. The van der Waals surface area contributed by atoms with Gasteiger partial charge in [-0.3, -0.25) is 0 Å². The average Bonchev–Trinajstić information content (AvgIpc) is 3.01. The molecule has 0 radical (unpaired) electrons. The fourth-order valence-corrected chi connectivity index (χ4v) is 6.53. The molecule has 0 saturated heterocycles. The van der Waals surface area contributed by atoms with Crippen LogP contribution in [0.3, 0.4) is 0 Å². The van der Waals surface area contributed by atoms with Gasteiger partial charge < -0.3 is 18.6 Å². The zero-order valence-corrected chi connectivity index (χ0v) is 40.7. The normalized spacial score (nSPS) is 13.1. The second-order valence-corrected chi connectivity index (χ2v) is 17.4. The van der Waals surface area contributed by atoms with Gasteiger partial charge in [0.1, 0.15) is 0 Å². The van der Waals surface area contributed by atoms with Gasteiger partial charge in [-0.05, 0) is 20.8 Å². The minimum Gasteiger partial charge on any atom is -0.870 e. The number of rotatable bonds is 17. The number of quaternary nitrogens is 1. The quantitative estimate of drug-likeness (QED) is 0.104. The molecule has 15 nitrogen and oxygen atoms in total. The second kappa shape index (κ2) is 30.3. The topological polar surface area (TPSA) is 257 Å². The maximum Gasteiger partial charge on any atom is 1.00 e. The van der Waals surface area contributed by atoms with Crippen molar-refractivity contribution in [1.82, 2.24) is 0 Å². The van der Waals surface area contributed by atoms with Crippen LogP contribution < -0.4 is 108 Å². The molecule has 61 heavy (non-hydrogen) atoms. The smallest absolute Gasteiger partial charge is 0.870 e. The van der Waals surface area contributed by atoms with Crippen LogP contribution in [0.1, 0.15) is 27.7 Å². The zero-order chi connectivity index (χ0) is 48.7. The maximum absolute atomic E-state index is 12.3. The number of alkyl halides is 20. The van der Waals surface area contributed by atoms with Gasteiger partial charge in [-0.1, -0.05) is 3.89 Å². The van der Waals surface area contributed by atoms with Crippen molar-refractivity contribution in [2.24, 2.45) is 0 Å². The largest absolute Gasteiger partial charge is 1.00 e. The molecule has 0 bridgehead atoms. The van der Waals surface area contributed by atoms with Crippen molar-refractivity contribution in [2.45, 2.75) is 86.1 Å². The van der Waals surface area contributed by atoms with Crippen LogP contribution in [0.15, 0.2) is 0 Å². The summed E-state index contributed by atoms with van der Waals surface area (Å²) in [5.41, 5.74) is 0. The SMILES string of the molecule is CC#N.CC[NH+](CC)CC.O=S(=O)(F)C(F)(F)C(F)F.O=S(=O)([N-]S(=O)(=O)C(F)(F)C(F)F)C(F)(F)C(F)F.O=S(=O)([N-]S(=O)(=O)C(F)(F)C(F)F)C(F)(F)C(F)F.[K+].[K+].[OH-]. The third-order valence-electron chi connectivity index (χ3n) is 4.86. The van der Waals surface area contributed by atoms with E-state index in [1.165, 1.54) is 26.6 Å². The van der Waals surface area contributed by atoms with Gasteiger partial charge in [0.05, 0.1) is 25.7 Å². The number of hydrogen-bond donors (Lipinski definition) is 1. The van der Waals surface area contributed by atoms with Crippen LogP contribution >= 0.6 is 0 Å². The number of halogens is 21. The molecule has 362 valence electrons. The van der Waals surface area contributed by atoms with Crippen molar-refractivity contribution in [3.63, 3.8) is 0 Å². The third-order valence-corrected chi connectivity index (χ3v) is 12.3. The molecule has 0 rings (SSSR count). The minimum absolute atomic E-state index is 0. The van der Waals surface area contributed by atoms with Crippen molar-refractivity contribution in [3.8, 4) is 6.07 Å². The molecule has 0 aromatic rings. The van der Waals surface area contributed by atoms with Crippen LogP contribution in [0.2, 0.25) is 0 Å². The monoisotopic (exact) mass is 1110 g/mol. The number of nitriles is 1. The fourth-order valence-electron chi connectivity index (χ4n) is 1.76. The van der Waals surface area contributed by atoms with Gasteiger partial charge in [0, 0.05) is 6.92 Å². The van der Waals surface area contributed by atoms with E-state index in [2.05, 4.69) is 20.8 Å². The van der Waals surface area contributed by atoms with Gasteiger partial charge in [-0.2, -0.15) is 57.6 Å². The Labute approximate surface area is 417 Å². The van der Waals surface area contributed by atoms with E-state index in [1.54, 1.807) is 11.0 Å². The summed E-state index contributed by atoms with van der Waals surface area (Å²) in [6.07, 6.45) is -24.6. The molecule has 0 saturated carbocycles. The molecular weight excluding hydrogens is 1090 g/mol. The maximum atomic E-state index is 12.3. The van der Waals surface area contributed by atoms with Gasteiger partial charge in [0.2, 0.25) is 0 Å². The molecule has 0 heterocycles. The van der Waals surface area contributed by atoms with E-state index in [0.29, 0.717) is 0 Å². The molecular formula is C18H25F21K2N4O11S5. The summed E-state index contributed by atoms with van der Waals surface area (Å²) in [5.74, 6) is 0. The Morgan fingerprint density at radius 3 is 0.639 bits per heavy atom. The molecule has 0 amide bonds. The molecule has 0 aliphatic heterocycles. The summed E-state index contributed by atoms with van der Waals surface area (Å²) < 4.78 is 351. The van der Waals surface area contributed by atoms with Crippen LogP contribution in [0, 0.1) is 11.3 Å². The van der Waals surface area contributed by atoms with Gasteiger partial charge in [-0.15, -0.1) is 0 Å². The predicted octanol–water partition coefficient (Wildman–Crippen LogP) is -1.09. The van der Waals surface area contributed by atoms with Crippen molar-refractivity contribution in [1.29, 1.82) is 5.26 Å². The standard InChI is InChI=1S/C6H15N.2C4H2F8NO4S2.C2HF5O2S.C2H3N.2K.H2O/c1-4-7(5-2)6-3;2*5-1(6)3(9,10)18(14,15)13-19(16,17)4(11,12)2(7)8;3-1(4)2(5,6)10(7,8)9;1-2-3;;;/h4-6H2,1-3H3;2*1-2H;1H;1H3;;;1H2/q;2*-1;;;2*+1;. The first-order chi connectivity index (χ1) is 25.1. The van der Waals surface area contributed by atoms with Crippen molar-refractivity contribution >= 4 is 50.3 Å². The predicted molar refractivity (Wildman–Crippen MR) is 153 cm³/mol. The van der Waals surface area contributed by atoms with Gasteiger partial charge in [0.25, 0.3) is 0 Å². The van der Waals surface area contributed by atoms with E-state index in [1.807, 2.05) is 0 Å². The molecule has 0 aliphatic rings. The van der Waals surface area contributed by atoms with E-state index >= 15 is 0 Å². The molecule has 0 unspecified atom stereocenters. The Bertz CT molecular complexity index is 1660. The molecule has 0 spiro atoms. The van der Waals surface area contributed by atoms with Crippen LogP contribution in [0.25, 0.3) is 8.25 Å². The van der Waals surface area contributed by atoms with E-state index < -0.39 is 109 Å². The summed E-state index contributed by atoms with van der Waals surface area (Å²) >= 11 is 0. The summed E-state index contributed by atoms with van der Waals surface area (Å²) in [5, 5.41) is -22.8. The molecule has 43 heteroatoms. The number of sulfonamides is 4. The summed E-state index contributed by atoms with van der Waals surface area (Å²) in [6.45, 7) is 11.9. The zero-order valence-electron chi connectivity index (χ0n) is 30.4. The molecule has 0 fully saturated rings. The Kier molecular flexibility index (Phi) is 39.2. The average molecular weight is 1110 g/mol. The Balaban J connectivity index is -0.000000104. The number of nitrogens with zero attached hydrogens (tertiary/aromatic N) is 3. The van der Waals surface area contributed by atoms with Crippen molar-refractivity contribution in [2.75, 3.05) is 19.6 Å². The van der Waals surface area contributed by atoms with Crippen molar-refractivity contribution < 1.29 is 247 Å². The molecule has 0 aliphatic carbocycles. The Morgan fingerprint density at radius 1 is 0.459 bits per heavy atom. The number of nitrogens with one attached hydrogen (secondary N) is 1. The summed E-state index contributed by atoms with van der Waals surface area (Å²) in [7, 11) is -34.5. The van der Waals surface area contributed by atoms with E-state index in [9.17, 15) is 134 Å². The molecule has 2 N–H and O–H groups in total. The second-order valence-electron chi connectivity index (χ2n) is 8.83. The fraction of sp³-hybridized carbons (Fsp3) is 0.944. The van der Waals surface area contributed by atoms with Crippen LogP contribution in [0.5, 0.6) is 0 Å². The van der Waals surface area contributed by atoms with Gasteiger partial charge in [0.15, 0.2) is 40.1 Å². The van der Waals surface area contributed by atoms with Crippen LogP contribution in [-0.2, 0) is 50.3 Å². The Morgan fingerprint density at radius 2 is 0.590 bits per heavy atom. The van der Waals surface area contributed by atoms with Gasteiger partial charge >= 0.3 is 171 Å². The molecule has 0 aromatic heterocycles. The molecule has 0 atom stereocenters. The van der Waals surface area contributed by atoms with E-state index in [-0.39, 0.29) is 108 Å². The van der Waals surface area contributed by atoms with Crippen LogP contribution in [0.4, 0.5) is 91.7 Å². The minimum atomic E-state index is -6.99. The van der Waals surface area contributed by atoms with Crippen molar-refractivity contribution in [3.05, 3.63) is 8.25 Å². The van der Waals surface area contributed by atoms with E-state index in [0.717, 1.165) is 8.25 Å². The van der Waals surface area contributed by atoms with Gasteiger partial charge in [-0.25, -0.2) is 77.6 Å². The number of hydrogen-bond acceptors (Lipinski definition) is 12.